The van der Waals surface area contributed by atoms with Gasteiger partial charge in [0.25, 0.3) is 5.91 Å². The molecule has 3 amide bonds. The Bertz CT molecular complexity index is 1130. The topological polar surface area (TPSA) is 134 Å². The van der Waals surface area contributed by atoms with Crippen LogP contribution in [0.5, 0.6) is 0 Å². The van der Waals surface area contributed by atoms with Crippen LogP contribution in [0.25, 0.3) is 11.3 Å². The number of aryl methyl sites for hydroxylation is 1. The van der Waals surface area contributed by atoms with E-state index in [0.29, 0.717) is 36.9 Å². The number of imidazole rings is 1. The van der Waals surface area contributed by atoms with Gasteiger partial charge in [0.1, 0.15) is 0 Å². The highest BCUT2D eigenvalue weighted by atomic mass is 35.5. The van der Waals surface area contributed by atoms with Crippen LogP contribution >= 0.6 is 11.6 Å². The molecule has 1 saturated carbocycles. The summed E-state index contributed by atoms with van der Waals surface area (Å²) in [6.45, 7) is 0. The minimum absolute atomic E-state index is 0.00401. The molecule has 3 rings (SSSR count). The number of nitrogens with one attached hydrogen (secondary N) is 4. The first-order valence-electron chi connectivity index (χ1n) is 10.3. The van der Waals surface area contributed by atoms with Gasteiger partial charge in [-0.05, 0) is 43.7 Å². The largest absolute Gasteiger partial charge is 0.341 e. The second kappa shape index (κ2) is 10.5. The van der Waals surface area contributed by atoms with Crippen LogP contribution in [0.1, 0.15) is 36.0 Å². The average molecular weight is 501 g/mol. The first-order valence-corrected chi connectivity index (χ1v) is 12.4. The van der Waals surface area contributed by atoms with Gasteiger partial charge < -0.3 is 15.2 Å². The van der Waals surface area contributed by atoms with E-state index >= 15 is 0 Å². The molecule has 13 heteroatoms. The second-order valence-electron chi connectivity index (χ2n) is 8.02. The molecular formula is C20H26ClFN6O4S. The Labute approximate surface area is 196 Å². The monoisotopic (exact) mass is 500 g/mol. The lowest BCUT2D eigenvalue weighted by Crippen LogP contribution is -2.45. The molecule has 1 fully saturated rings. The van der Waals surface area contributed by atoms with Gasteiger partial charge in [-0.2, -0.15) is 0 Å². The van der Waals surface area contributed by atoms with E-state index in [2.05, 4.69) is 21.0 Å². The first kappa shape index (κ1) is 24.9. The van der Waals surface area contributed by atoms with Gasteiger partial charge in [0, 0.05) is 31.9 Å². The number of hydrogen-bond acceptors (Lipinski definition) is 5. The number of halogens is 2. The number of hydrogen-bond donors (Lipinski definition) is 4. The number of hydrazine groups is 1. The van der Waals surface area contributed by atoms with Crippen molar-refractivity contribution in [2.45, 2.75) is 31.7 Å². The molecule has 0 spiro atoms. The highest BCUT2D eigenvalue weighted by Gasteiger charge is 2.27. The summed E-state index contributed by atoms with van der Waals surface area (Å²) in [7, 11) is -0.575. The molecule has 0 radical (unpaired) electrons. The maximum Gasteiger partial charge on any atom is 0.314 e. The SMILES string of the molecule is CNC(=O)N[C@H]1CC[C@H](CS(=O)(=O)NNC(=O)c2cc(-c3cn(C)cn3)cc(Cl)c2F)CC1. The molecule has 0 aliphatic heterocycles. The van der Waals surface area contributed by atoms with Gasteiger partial charge in [-0.1, -0.05) is 11.6 Å². The van der Waals surface area contributed by atoms with Crippen LogP contribution < -0.4 is 20.9 Å². The molecule has 180 valence electrons. The van der Waals surface area contributed by atoms with Gasteiger partial charge in [0.15, 0.2) is 5.82 Å². The van der Waals surface area contributed by atoms with E-state index in [1.165, 1.54) is 19.2 Å². The quantitative estimate of drug-likeness (QED) is 0.431. The predicted molar refractivity (Wildman–Crippen MR) is 121 cm³/mol. The lowest BCUT2D eigenvalue weighted by atomic mass is 9.87. The molecule has 10 nitrogen and oxygen atoms in total. The van der Waals surface area contributed by atoms with Gasteiger partial charge in [-0.15, -0.1) is 4.83 Å². The zero-order valence-corrected chi connectivity index (χ0v) is 19.8. The zero-order chi connectivity index (χ0) is 24.2. The third-order valence-electron chi connectivity index (χ3n) is 5.46. The molecule has 1 aromatic heterocycles. The molecule has 1 heterocycles. The fourth-order valence-corrected chi connectivity index (χ4v) is 5.24. The van der Waals surface area contributed by atoms with Crippen LogP contribution in [-0.4, -0.2) is 48.7 Å². The van der Waals surface area contributed by atoms with E-state index in [1.807, 2.05) is 4.83 Å². The van der Waals surface area contributed by atoms with Crippen molar-refractivity contribution in [1.29, 1.82) is 0 Å². The van der Waals surface area contributed by atoms with E-state index in [9.17, 15) is 22.4 Å². The summed E-state index contributed by atoms with van der Waals surface area (Å²) in [5.41, 5.74) is 2.54. The molecule has 1 aromatic carbocycles. The van der Waals surface area contributed by atoms with Gasteiger partial charge >= 0.3 is 6.03 Å². The van der Waals surface area contributed by atoms with Crippen LogP contribution in [0.4, 0.5) is 9.18 Å². The Balaban J connectivity index is 1.59. The van der Waals surface area contributed by atoms with Crippen LogP contribution in [0.3, 0.4) is 0 Å². The predicted octanol–water partition coefficient (Wildman–Crippen LogP) is 1.93. The number of benzene rings is 1. The number of carbonyl (C=O) groups is 2. The van der Waals surface area contributed by atoms with Gasteiger partial charge in [0.2, 0.25) is 10.0 Å². The summed E-state index contributed by atoms with van der Waals surface area (Å²) >= 11 is 5.93. The minimum Gasteiger partial charge on any atom is -0.341 e. The third-order valence-corrected chi connectivity index (χ3v) is 7.06. The van der Waals surface area contributed by atoms with Crippen molar-refractivity contribution < 1.29 is 22.4 Å². The summed E-state index contributed by atoms with van der Waals surface area (Å²) in [5, 5.41) is 5.02. The lowest BCUT2D eigenvalue weighted by Gasteiger charge is -2.28. The van der Waals surface area contributed by atoms with Crippen LogP contribution in [0.15, 0.2) is 24.7 Å². The highest BCUT2D eigenvalue weighted by Crippen LogP contribution is 2.27. The fourth-order valence-electron chi connectivity index (χ4n) is 3.74. The van der Waals surface area contributed by atoms with Crippen LogP contribution in [-0.2, 0) is 17.1 Å². The molecule has 4 N–H and O–H groups in total. The van der Waals surface area contributed by atoms with E-state index in [-0.39, 0.29) is 28.8 Å². The standard InChI is InChI=1S/C20H26ClFN6O4S/c1-23-20(30)25-14-5-3-12(4-6-14)10-33(31,32)27-26-19(29)15-7-13(8-16(21)18(15)22)17-9-28(2)11-24-17/h7-9,11-12,14,27H,3-6,10H2,1-2H3,(H,26,29)(H2,23,25,30)/t12-,14-. The number of rotatable bonds is 7. The Kier molecular flexibility index (Phi) is 7.92. The normalized spacial score (nSPS) is 18.5. The van der Waals surface area contributed by atoms with Crippen molar-refractivity contribution >= 4 is 33.6 Å². The minimum atomic E-state index is -3.86. The fraction of sp³-hybridized carbons (Fsp3) is 0.450. The third kappa shape index (κ3) is 6.65. The Morgan fingerprint density at radius 2 is 1.94 bits per heavy atom. The summed E-state index contributed by atoms with van der Waals surface area (Å²) < 4.78 is 41.0. The molecule has 1 aliphatic rings. The van der Waals surface area contributed by atoms with Crippen LogP contribution in [0.2, 0.25) is 5.02 Å². The second-order valence-corrected chi connectivity index (χ2v) is 10.2. The van der Waals surface area contributed by atoms with Crippen LogP contribution in [0, 0.1) is 11.7 Å². The van der Waals surface area contributed by atoms with Gasteiger partial charge in [-0.25, -0.2) is 22.6 Å². The van der Waals surface area contributed by atoms with E-state index in [4.69, 9.17) is 11.6 Å². The van der Waals surface area contributed by atoms with Gasteiger partial charge in [0.05, 0.1) is 28.4 Å². The Morgan fingerprint density at radius 3 is 2.55 bits per heavy atom. The van der Waals surface area contributed by atoms with Crippen molar-refractivity contribution in [2.24, 2.45) is 13.0 Å². The molecule has 0 atom stereocenters. The van der Waals surface area contributed by atoms with E-state index in [0.717, 1.165) is 0 Å². The molecule has 0 saturated heterocycles. The molecule has 0 bridgehead atoms. The van der Waals surface area contributed by atoms with Crippen molar-refractivity contribution in [1.82, 2.24) is 30.4 Å². The van der Waals surface area contributed by atoms with Crippen molar-refractivity contribution in [2.75, 3.05) is 12.8 Å². The van der Waals surface area contributed by atoms with Crippen molar-refractivity contribution in [3.8, 4) is 11.3 Å². The first-order chi connectivity index (χ1) is 15.6. The summed E-state index contributed by atoms with van der Waals surface area (Å²) in [5.74, 6) is -2.26. The lowest BCUT2D eigenvalue weighted by molar-refractivity contribution is 0.0941. The number of carbonyl (C=O) groups excluding carboxylic acids is 2. The van der Waals surface area contributed by atoms with E-state index < -0.39 is 27.3 Å². The summed E-state index contributed by atoms with van der Waals surface area (Å²) in [4.78, 5) is 30.1. The van der Waals surface area contributed by atoms with Crippen molar-refractivity contribution in [3.05, 3.63) is 41.1 Å². The smallest absolute Gasteiger partial charge is 0.314 e. The summed E-state index contributed by atoms with van der Waals surface area (Å²) in [6.07, 6.45) is 5.75. The number of amides is 3. The van der Waals surface area contributed by atoms with Crippen molar-refractivity contribution in [3.63, 3.8) is 0 Å². The van der Waals surface area contributed by atoms with Gasteiger partial charge in [-0.3, -0.25) is 10.2 Å². The Hall–Kier alpha value is -2.70. The maximum absolute atomic E-state index is 14.5. The zero-order valence-electron chi connectivity index (χ0n) is 18.2. The molecule has 0 unspecified atom stereocenters. The highest BCUT2D eigenvalue weighted by molar-refractivity contribution is 7.89. The summed E-state index contributed by atoms with van der Waals surface area (Å²) in [6, 6.07) is 2.33. The molecular weight excluding hydrogens is 475 g/mol. The number of urea groups is 1. The number of aromatic nitrogens is 2. The Morgan fingerprint density at radius 1 is 1.24 bits per heavy atom. The average Bonchev–Trinajstić information content (AvgIpc) is 3.21. The molecule has 33 heavy (non-hydrogen) atoms. The maximum atomic E-state index is 14.5. The molecule has 1 aliphatic carbocycles. The number of nitrogens with zero attached hydrogens (tertiary/aromatic N) is 2. The van der Waals surface area contributed by atoms with E-state index in [1.54, 1.807) is 24.1 Å². The molecule has 2 aromatic rings. The number of sulfonamides is 1.